The van der Waals surface area contributed by atoms with Crippen LogP contribution in [0.4, 0.5) is 5.69 Å². The van der Waals surface area contributed by atoms with Gasteiger partial charge in [0.15, 0.2) is 5.78 Å². The van der Waals surface area contributed by atoms with Gasteiger partial charge in [0.25, 0.3) is 0 Å². The number of benzene rings is 1. The van der Waals surface area contributed by atoms with Gasteiger partial charge in [-0.1, -0.05) is 50.3 Å². The first kappa shape index (κ1) is 20.0. The lowest BCUT2D eigenvalue weighted by Crippen LogP contribution is -2.32. The summed E-state index contributed by atoms with van der Waals surface area (Å²) in [4.78, 5) is 11.7. The van der Waals surface area contributed by atoms with Crippen molar-refractivity contribution in [3.05, 3.63) is 59.3 Å². The van der Waals surface area contributed by atoms with Crippen LogP contribution in [0.5, 0.6) is 0 Å². The van der Waals surface area contributed by atoms with Gasteiger partial charge in [-0.05, 0) is 56.2 Å². The average molecular weight is 353 g/mol. The molecule has 0 saturated carbocycles. The summed E-state index contributed by atoms with van der Waals surface area (Å²) in [6.07, 6.45) is 9.26. The van der Waals surface area contributed by atoms with E-state index in [-0.39, 0.29) is 5.78 Å². The third kappa shape index (κ3) is 5.35. The molecule has 3 heteroatoms. The van der Waals surface area contributed by atoms with Crippen LogP contribution in [0.15, 0.2) is 48.2 Å². The summed E-state index contributed by atoms with van der Waals surface area (Å²) in [6.45, 7) is 12.6. The van der Waals surface area contributed by atoms with Gasteiger partial charge in [0.2, 0.25) is 0 Å². The van der Waals surface area contributed by atoms with Crippen molar-refractivity contribution in [3.63, 3.8) is 0 Å². The Morgan fingerprint density at radius 2 is 2.19 bits per heavy atom. The van der Waals surface area contributed by atoms with E-state index in [1.54, 1.807) is 13.0 Å². The summed E-state index contributed by atoms with van der Waals surface area (Å²) in [5.41, 5.74) is 5.77. The highest BCUT2D eigenvalue weighted by Gasteiger charge is 2.20. The molecule has 140 valence electrons. The first-order valence-electron chi connectivity index (χ1n) is 9.57. The highest BCUT2D eigenvalue weighted by molar-refractivity contribution is 5.88. The standard InChI is InChI=1S/C23H32N2O/c1-6-19-9-8-10-23(18(19)5)24-15-21(14-17(4)26)25-22(7-2)20-12-11-16(3)13-20/h6,8-10,12,14,16,22,24-25H,1,7,11,13,15H2,2-5H3/b21-14+. The number of carbonyl (C=O) groups excluding carboxylic acids is 1. The van der Waals surface area contributed by atoms with Crippen LogP contribution in [-0.2, 0) is 4.79 Å². The number of hydrogen-bond acceptors (Lipinski definition) is 3. The molecule has 0 spiro atoms. The lowest BCUT2D eigenvalue weighted by atomic mass is 10.0. The molecule has 26 heavy (non-hydrogen) atoms. The Morgan fingerprint density at radius 3 is 2.77 bits per heavy atom. The summed E-state index contributed by atoms with van der Waals surface area (Å²) in [5.74, 6) is 0.790. The van der Waals surface area contributed by atoms with Crippen LogP contribution in [0.3, 0.4) is 0 Å². The van der Waals surface area contributed by atoms with E-state index in [2.05, 4.69) is 56.2 Å². The SMILES string of the molecule is C=Cc1cccc(NC/C(=C\C(C)=O)NC(CC)C2=CCC(C)C2)c1C. The third-order valence-electron chi connectivity index (χ3n) is 5.02. The number of allylic oxidation sites excluding steroid dienone is 2. The van der Waals surface area contributed by atoms with E-state index < -0.39 is 0 Å². The van der Waals surface area contributed by atoms with Crippen molar-refractivity contribution >= 4 is 17.5 Å². The highest BCUT2D eigenvalue weighted by atomic mass is 16.1. The monoisotopic (exact) mass is 352 g/mol. The molecule has 1 aromatic carbocycles. The van der Waals surface area contributed by atoms with Gasteiger partial charge < -0.3 is 10.6 Å². The van der Waals surface area contributed by atoms with Crippen molar-refractivity contribution in [1.29, 1.82) is 0 Å². The molecule has 0 bridgehead atoms. The van der Waals surface area contributed by atoms with Gasteiger partial charge in [0, 0.05) is 23.5 Å². The Morgan fingerprint density at radius 1 is 1.42 bits per heavy atom. The van der Waals surface area contributed by atoms with Gasteiger partial charge in [-0.2, -0.15) is 0 Å². The maximum absolute atomic E-state index is 11.7. The number of rotatable bonds is 9. The van der Waals surface area contributed by atoms with Crippen molar-refractivity contribution in [2.45, 2.75) is 53.0 Å². The molecule has 3 nitrogen and oxygen atoms in total. The van der Waals surface area contributed by atoms with E-state index in [0.29, 0.717) is 12.6 Å². The fourth-order valence-electron chi connectivity index (χ4n) is 3.53. The lowest BCUT2D eigenvalue weighted by Gasteiger charge is -2.23. The number of nitrogens with one attached hydrogen (secondary N) is 2. The van der Waals surface area contributed by atoms with Gasteiger partial charge in [-0.25, -0.2) is 0 Å². The van der Waals surface area contributed by atoms with E-state index in [1.807, 2.05) is 12.1 Å². The Hall–Kier alpha value is -2.29. The molecular weight excluding hydrogens is 320 g/mol. The van der Waals surface area contributed by atoms with Crippen LogP contribution in [0.25, 0.3) is 6.08 Å². The molecule has 0 heterocycles. The van der Waals surface area contributed by atoms with Gasteiger partial charge in [-0.15, -0.1) is 0 Å². The average Bonchev–Trinajstić information content (AvgIpc) is 3.04. The maximum atomic E-state index is 11.7. The van der Waals surface area contributed by atoms with Gasteiger partial charge >= 0.3 is 0 Å². The van der Waals surface area contributed by atoms with Gasteiger partial charge in [-0.3, -0.25) is 4.79 Å². The summed E-state index contributed by atoms with van der Waals surface area (Å²) in [7, 11) is 0. The number of anilines is 1. The Balaban J connectivity index is 2.10. The Bertz CT molecular complexity index is 715. The lowest BCUT2D eigenvalue weighted by molar-refractivity contribution is -0.112. The predicted octanol–water partition coefficient (Wildman–Crippen LogP) is 5.25. The van der Waals surface area contributed by atoms with E-state index in [0.717, 1.165) is 42.1 Å². The topological polar surface area (TPSA) is 41.1 Å². The van der Waals surface area contributed by atoms with Crippen molar-refractivity contribution in [2.24, 2.45) is 5.92 Å². The van der Waals surface area contributed by atoms with E-state index in [1.165, 1.54) is 11.1 Å². The van der Waals surface area contributed by atoms with Crippen LogP contribution in [0, 0.1) is 12.8 Å². The van der Waals surface area contributed by atoms with Crippen molar-refractivity contribution in [1.82, 2.24) is 5.32 Å². The Labute approximate surface area is 158 Å². The summed E-state index contributed by atoms with van der Waals surface area (Å²) >= 11 is 0. The molecule has 0 fully saturated rings. The number of hydrogen-bond donors (Lipinski definition) is 2. The fraction of sp³-hybridized carbons (Fsp3) is 0.435. The van der Waals surface area contributed by atoms with Crippen LogP contribution < -0.4 is 10.6 Å². The molecule has 0 radical (unpaired) electrons. The smallest absolute Gasteiger partial charge is 0.154 e. The number of carbonyl (C=O) groups is 1. The molecular formula is C23H32N2O. The largest absolute Gasteiger partial charge is 0.380 e. The zero-order valence-electron chi connectivity index (χ0n) is 16.6. The van der Waals surface area contributed by atoms with E-state index in [9.17, 15) is 4.79 Å². The van der Waals surface area contributed by atoms with Crippen LogP contribution in [-0.4, -0.2) is 18.4 Å². The van der Waals surface area contributed by atoms with Crippen molar-refractivity contribution in [2.75, 3.05) is 11.9 Å². The van der Waals surface area contributed by atoms with E-state index in [4.69, 9.17) is 0 Å². The van der Waals surface area contributed by atoms with Crippen molar-refractivity contribution < 1.29 is 4.79 Å². The molecule has 0 aliphatic heterocycles. The van der Waals surface area contributed by atoms with Gasteiger partial charge in [0.05, 0.1) is 6.54 Å². The van der Waals surface area contributed by atoms with Crippen LogP contribution in [0.1, 0.15) is 51.2 Å². The molecule has 1 aromatic rings. The second kappa shape index (κ2) is 9.42. The molecule has 0 saturated heterocycles. The summed E-state index contributed by atoms with van der Waals surface area (Å²) in [5, 5.41) is 7.08. The predicted molar refractivity (Wildman–Crippen MR) is 112 cm³/mol. The summed E-state index contributed by atoms with van der Waals surface area (Å²) < 4.78 is 0. The molecule has 1 aliphatic rings. The minimum atomic E-state index is 0.0643. The minimum absolute atomic E-state index is 0.0643. The summed E-state index contributed by atoms with van der Waals surface area (Å²) in [6, 6.07) is 6.44. The fourth-order valence-corrected chi connectivity index (χ4v) is 3.53. The van der Waals surface area contributed by atoms with Crippen molar-refractivity contribution in [3.8, 4) is 0 Å². The second-order valence-corrected chi connectivity index (χ2v) is 7.29. The Kier molecular flexibility index (Phi) is 7.26. The normalized spacial score (nSPS) is 18.2. The highest BCUT2D eigenvalue weighted by Crippen LogP contribution is 2.28. The maximum Gasteiger partial charge on any atom is 0.154 e. The molecule has 2 N–H and O–H groups in total. The number of ketones is 1. The zero-order chi connectivity index (χ0) is 19.1. The van der Waals surface area contributed by atoms with Crippen LogP contribution >= 0.6 is 0 Å². The molecule has 2 atom stereocenters. The molecule has 0 amide bonds. The molecule has 2 unspecified atom stereocenters. The molecule has 0 aromatic heterocycles. The second-order valence-electron chi connectivity index (χ2n) is 7.29. The van der Waals surface area contributed by atoms with Gasteiger partial charge in [0.1, 0.15) is 0 Å². The zero-order valence-corrected chi connectivity index (χ0v) is 16.6. The first-order valence-corrected chi connectivity index (χ1v) is 9.57. The molecule has 2 rings (SSSR count). The quantitative estimate of drug-likeness (QED) is 0.471. The van der Waals surface area contributed by atoms with Crippen LogP contribution in [0.2, 0.25) is 0 Å². The first-order chi connectivity index (χ1) is 12.4. The minimum Gasteiger partial charge on any atom is -0.380 e. The van der Waals surface area contributed by atoms with E-state index >= 15 is 0 Å². The molecule has 1 aliphatic carbocycles. The third-order valence-corrected chi connectivity index (χ3v) is 5.02.